The molecule has 0 aromatic rings. The lowest BCUT2D eigenvalue weighted by atomic mass is 10.0. The Bertz CT molecular complexity index is 309. The SMILES string of the molecule is CC(CNCC1CCCCN1)CN(C)C(=O)OC(C)(C)C. The highest BCUT2D eigenvalue weighted by atomic mass is 16.6. The van der Waals surface area contributed by atoms with Gasteiger partial charge in [0, 0.05) is 26.2 Å². The summed E-state index contributed by atoms with van der Waals surface area (Å²) in [5.41, 5.74) is -0.431. The first-order valence-electron chi connectivity index (χ1n) is 8.16. The number of hydrogen-bond acceptors (Lipinski definition) is 4. The summed E-state index contributed by atoms with van der Waals surface area (Å²) in [4.78, 5) is 13.6. The molecule has 1 aliphatic rings. The molecule has 1 aliphatic heterocycles. The molecule has 2 atom stereocenters. The number of amides is 1. The van der Waals surface area contributed by atoms with Gasteiger partial charge in [-0.25, -0.2) is 4.79 Å². The number of piperidine rings is 1. The van der Waals surface area contributed by atoms with E-state index in [0.717, 1.165) is 19.6 Å². The first-order valence-corrected chi connectivity index (χ1v) is 8.16. The maximum atomic E-state index is 11.9. The maximum Gasteiger partial charge on any atom is 0.410 e. The van der Waals surface area contributed by atoms with Crippen molar-refractivity contribution >= 4 is 6.09 Å². The Kier molecular flexibility index (Phi) is 7.46. The van der Waals surface area contributed by atoms with Crippen LogP contribution in [0.1, 0.15) is 47.0 Å². The van der Waals surface area contributed by atoms with Gasteiger partial charge in [-0.05, 0) is 52.6 Å². The van der Waals surface area contributed by atoms with E-state index in [1.54, 1.807) is 11.9 Å². The van der Waals surface area contributed by atoms with E-state index in [9.17, 15) is 4.79 Å². The molecule has 0 spiro atoms. The number of nitrogens with one attached hydrogen (secondary N) is 2. The van der Waals surface area contributed by atoms with Crippen LogP contribution < -0.4 is 10.6 Å². The van der Waals surface area contributed by atoms with Gasteiger partial charge < -0.3 is 20.3 Å². The molecule has 0 aliphatic carbocycles. The zero-order chi connectivity index (χ0) is 15.9. The Morgan fingerprint density at radius 2 is 2.14 bits per heavy atom. The van der Waals surface area contributed by atoms with Crippen molar-refractivity contribution in [3.05, 3.63) is 0 Å². The summed E-state index contributed by atoms with van der Waals surface area (Å²) in [7, 11) is 1.80. The average molecular weight is 299 g/mol. The second-order valence-electron chi connectivity index (χ2n) is 7.27. The molecule has 21 heavy (non-hydrogen) atoms. The zero-order valence-corrected chi connectivity index (χ0v) is 14.4. The quantitative estimate of drug-likeness (QED) is 0.789. The average Bonchev–Trinajstić information content (AvgIpc) is 2.37. The predicted molar refractivity (Wildman–Crippen MR) is 86.5 cm³/mol. The summed E-state index contributed by atoms with van der Waals surface area (Å²) in [6, 6.07) is 0.606. The summed E-state index contributed by atoms with van der Waals surface area (Å²) in [5.74, 6) is 0.408. The van der Waals surface area contributed by atoms with E-state index in [1.165, 1.54) is 19.3 Å². The summed E-state index contributed by atoms with van der Waals surface area (Å²) < 4.78 is 5.36. The highest BCUT2D eigenvalue weighted by Crippen LogP contribution is 2.10. The van der Waals surface area contributed by atoms with E-state index < -0.39 is 5.60 Å². The van der Waals surface area contributed by atoms with Gasteiger partial charge in [0.1, 0.15) is 5.60 Å². The second kappa shape index (κ2) is 8.59. The Balaban J connectivity index is 2.16. The van der Waals surface area contributed by atoms with Crippen LogP contribution in [0.3, 0.4) is 0 Å². The third-order valence-electron chi connectivity index (χ3n) is 3.59. The smallest absolute Gasteiger partial charge is 0.410 e. The van der Waals surface area contributed by atoms with E-state index in [0.29, 0.717) is 18.5 Å². The maximum absolute atomic E-state index is 11.9. The highest BCUT2D eigenvalue weighted by molar-refractivity contribution is 5.67. The van der Waals surface area contributed by atoms with E-state index in [-0.39, 0.29) is 6.09 Å². The molecule has 1 rings (SSSR count). The molecule has 124 valence electrons. The molecule has 1 heterocycles. The monoisotopic (exact) mass is 299 g/mol. The van der Waals surface area contributed by atoms with Crippen LogP contribution in [0, 0.1) is 5.92 Å². The first kappa shape index (κ1) is 18.2. The van der Waals surface area contributed by atoms with Gasteiger partial charge in [-0.3, -0.25) is 0 Å². The second-order valence-corrected chi connectivity index (χ2v) is 7.27. The van der Waals surface area contributed by atoms with Gasteiger partial charge in [0.2, 0.25) is 0 Å². The van der Waals surface area contributed by atoms with Crippen LogP contribution >= 0.6 is 0 Å². The minimum absolute atomic E-state index is 0.247. The van der Waals surface area contributed by atoms with Gasteiger partial charge in [0.15, 0.2) is 0 Å². The summed E-state index contributed by atoms with van der Waals surface area (Å²) in [6.45, 7) is 11.6. The Morgan fingerprint density at radius 1 is 1.43 bits per heavy atom. The molecule has 1 fully saturated rings. The van der Waals surface area contributed by atoms with E-state index in [1.807, 2.05) is 20.8 Å². The van der Waals surface area contributed by atoms with Crippen molar-refractivity contribution in [1.29, 1.82) is 0 Å². The molecule has 2 unspecified atom stereocenters. The van der Waals surface area contributed by atoms with Gasteiger partial charge in [-0.1, -0.05) is 13.3 Å². The first-order chi connectivity index (χ1) is 9.78. The summed E-state index contributed by atoms with van der Waals surface area (Å²) in [5, 5.41) is 7.04. The standard InChI is InChI=1S/C16H33N3O2/c1-13(10-17-11-14-8-6-7-9-18-14)12-19(5)15(20)21-16(2,3)4/h13-14,17-18H,6-12H2,1-5H3. The van der Waals surface area contributed by atoms with Crippen LogP contribution in [0.4, 0.5) is 4.79 Å². The molecule has 1 amide bonds. The third kappa shape index (κ3) is 8.27. The summed E-state index contributed by atoms with van der Waals surface area (Å²) >= 11 is 0. The Morgan fingerprint density at radius 3 is 2.71 bits per heavy atom. The van der Waals surface area contributed by atoms with Crippen molar-refractivity contribution in [2.75, 3.05) is 33.2 Å². The molecular weight excluding hydrogens is 266 g/mol. The van der Waals surface area contributed by atoms with E-state index >= 15 is 0 Å². The van der Waals surface area contributed by atoms with Gasteiger partial charge in [-0.2, -0.15) is 0 Å². The molecule has 0 aromatic carbocycles. The number of nitrogens with zero attached hydrogens (tertiary/aromatic N) is 1. The van der Waals surface area contributed by atoms with Crippen LogP contribution in [0.25, 0.3) is 0 Å². The minimum atomic E-state index is -0.431. The molecular formula is C16H33N3O2. The Hall–Kier alpha value is -0.810. The lowest BCUT2D eigenvalue weighted by molar-refractivity contribution is 0.0277. The molecule has 0 saturated carbocycles. The lowest BCUT2D eigenvalue weighted by Crippen LogP contribution is -2.44. The third-order valence-corrected chi connectivity index (χ3v) is 3.59. The predicted octanol–water partition coefficient (Wildman–Crippen LogP) is 2.22. The van der Waals surface area contributed by atoms with Crippen LogP contribution in [0.5, 0.6) is 0 Å². The molecule has 5 nitrogen and oxygen atoms in total. The summed E-state index contributed by atoms with van der Waals surface area (Å²) in [6.07, 6.45) is 3.64. The van der Waals surface area contributed by atoms with Gasteiger partial charge in [0.25, 0.3) is 0 Å². The fourth-order valence-electron chi connectivity index (χ4n) is 2.55. The fraction of sp³-hybridized carbons (Fsp3) is 0.938. The number of carbonyl (C=O) groups is 1. The number of rotatable bonds is 6. The van der Waals surface area contributed by atoms with Gasteiger partial charge in [-0.15, -0.1) is 0 Å². The van der Waals surface area contributed by atoms with Crippen LogP contribution in [0.15, 0.2) is 0 Å². The van der Waals surface area contributed by atoms with Crippen LogP contribution in [0.2, 0.25) is 0 Å². The van der Waals surface area contributed by atoms with Gasteiger partial charge >= 0.3 is 6.09 Å². The van der Waals surface area contributed by atoms with Crippen molar-refractivity contribution in [2.45, 2.75) is 58.6 Å². The van der Waals surface area contributed by atoms with E-state index in [2.05, 4.69) is 17.6 Å². The van der Waals surface area contributed by atoms with E-state index in [4.69, 9.17) is 4.74 Å². The molecule has 2 N–H and O–H groups in total. The molecule has 1 saturated heterocycles. The number of carbonyl (C=O) groups excluding carboxylic acids is 1. The van der Waals surface area contributed by atoms with Crippen LogP contribution in [-0.4, -0.2) is 55.9 Å². The number of hydrogen-bond donors (Lipinski definition) is 2. The largest absolute Gasteiger partial charge is 0.444 e. The van der Waals surface area contributed by atoms with Crippen molar-refractivity contribution in [3.63, 3.8) is 0 Å². The minimum Gasteiger partial charge on any atom is -0.444 e. The molecule has 5 heteroatoms. The van der Waals surface area contributed by atoms with Crippen LogP contribution in [-0.2, 0) is 4.74 Å². The van der Waals surface area contributed by atoms with Crippen molar-refractivity contribution in [2.24, 2.45) is 5.92 Å². The number of ether oxygens (including phenoxy) is 1. The van der Waals surface area contributed by atoms with Crippen molar-refractivity contribution < 1.29 is 9.53 Å². The van der Waals surface area contributed by atoms with Crippen molar-refractivity contribution in [1.82, 2.24) is 15.5 Å². The lowest BCUT2D eigenvalue weighted by Gasteiger charge is -2.27. The molecule has 0 bridgehead atoms. The fourth-order valence-corrected chi connectivity index (χ4v) is 2.55. The van der Waals surface area contributed by atoms with Gasteiger partial charge in [0.05, 0.1) is 0 Å². The molecule has 0 aromatic heterocycles. The molecule has 0 radical (unpaired) electrons. The van der Waals surface area contributed by atoms with Crippen molar-refractivity contribution in [3.8, 4) is 0 Å². The highest BCUT2D eigenvalue weighted by Gasteiger charge is 2.20. The topological polar surface area (TPSA) is 53.6 Å². The normalized spacial score (nSPS) is 20.9. The zero-order valence-electron chi connectivity index (χ0n) is 14.4. The Labute approximate surface area is 129 Å².